The van der Waals surface area contributed by atoms with Crippen LogP contribution in [0.1, 0.15) is 38.8 Å². The Hall–Kier alpha value is -3.79. The molecule has 1 amide bonds. The molecule has 7 N–H and O–H groups in total. The normalized spacial score (nSPS) is 13.5. The fourth-order valence-electron chi connectivity index (χ4n) is 4.62. The first kappa shape index (κ1) is 38.7. The Balaban J connectivity index is 0.000000207. The smallest absolute Gasteiger partial charge is 0.270 e. The van der Waals surface area contributed by atoms with E-state index in [1.807, 2.05) is 42.6 Å². The third kappa shape index (κ3) is 14.1. The predicted molar refractivity (Wildman–Crippen MR) is 192 cm³/mol. The summed E-state index contributed by atoms with van der Waals surface area (Å²) in [4.78, 5) is 16.1. The summed E-state index contributed by atoms with van der Waals surface area (Å²) in [6.07, 6.45) is 3.21. The summed E-state index contributed by atoms with van der Waals surface area (Å²) < 4.78 is 24.6. The molecule has 0 bridgehead atoms. The zero-order chi connectivity index (χ0) is 34.8. The van der Waals surface area contributed by atoms with Crippen LogP contribution in [0.3, 0.4) is 0 Å². The molecule has 1 aliphatic rings. The van der Waals surface area contributed by atoms with Gasteiger partial charge >= 0.3 is 0 Å². The fourth-order valence-corrected chi connectivity index (χ4v) is 5.14. The Morgan fingerprint density at radius 1 is 1.12 bits per heavy atom. The number of nitrogens with one attached hydrogen (secondary N) is 4. The molecular weight excluding hydrogens is 632 g/mol. The number of aromatic amines is 1. The predicted octanol–water partition coefficient (Wildman–Crippen LogP) is 3.05. The van der Waals surface area contributed by atoms with Crippen LogP contribution >= 0.6 is 11.7 Å². The highest BCUT2D eigenvalue weighted by Gasteiger charge is 2.21. The number of nitrogens with two attached hydrogens (primary N) is 1. The lowest BCUT2D eigenvalue weighted by Crippen LogP contribution is -2.42. The molecule has 1 aliphatic heterocycles. The van der Waals surface area contributed by atoms with Gasteiger partial charge in [0.2, 0.25) is 11.7 Å². The van der Waals surface area contributed by atoms with Crippen molar-refractivity contribution in [1.29, 1.82) is 0 Å². The highest BCUT2D eigenvalue weighted by atomic mass is 32.1. The van der Waals surface area contributed by atoms with Gasteiger partial charge < -0.3 is 39.8 Å². The fraction of sp³-hybridized carbons (Fsp3) is 0.500. The van der Waals surface area contributed by atoms with Crippen LogP contribution in [-0.2, 0) is 22.4 Å². The molecule has 0 unspecified atom stereocenters. The van der Waals surface area contributed by atoms with Gasteiger partial charge in [-0.2, -0.15) is 4.37 Å². The van der Waals surface area contributed by atoms with Gasteiger partial charge in [0, 0.05) is 62.3 Å². The number of fused-ring (bicyclic) bond motifs is 1. The molecular formula is C34H52N8O5S. The van der Waals surface area contributed by atoms with E-state index < -0.39 is 6.10 Å². The highest BCUT2D eigenvalue weighted by Crippen LogP contribution is 2.26. The van der Waals surface area contributed by atoms with Crippen LogP contribution in [0, 0.1) is 0 Å². The number of aliphatic hydroxyl groups is 1. The minimum absolute atomic E-state index is 0.00224. The number of benzene rings is 2. The van der Waals surface area contributed by atoms with E-state index in [0.29, 0.717) is 32.2 Å². The Bertz CT molecular complexity index is 1470. The van der Waals surface area contributed by atoms with E-state index in [-0.39, 0.29) is 18.1 Å². The Kier molecular flexibility index (Phi) is 16.5. The Morgan fingerprint density at radius 3 is 2.54 bits per heavy atom. The van der Waals surface area contributed by atoms with Gasteiger partial charge in [0.15, 0.2) is 0 Å². The maximum Gasteiger partial charge on any atom is 0.270 e. The maximum absolute atomic E-state index is 10.8. The first-order valence-corrected chi connectivity index (χ1v) is 16.9. The zero-order valence-electron chi connectivity index (χ0n) is 28.8. The summed E-state index contributed by atoms with van der Waals surface area (Å²) >= 11 is 1.12. The third-order valence-electron chi connectivity index (χ3n) is 7.18. The summed E-state index contributed by atoms with van der Waals surface area (Å²) in [5, 5.41) is 17.1. The molecule has 264 valence electrons. The van der Waals surface area contributed by atoms with Crippen molar-refractivity contribution in [2.75, 3.05) is 64.6 Å². The summed E-state index contributed by atoms with van der Waals surface area (Å²) in [6.45, 7) is 12.8. The summed E-state index contributed by atoms with van der Waals surface area (Å²) in [5.41, 5.74) is 6.18. The Morgan fingerprint density at radius 2 is 1.88 bits per heavy atom. The molecule has 0 spiro atoms. The van der Waals surface area contributed by atoms with E-state index in [2.05, 4.69) is 67.6 Å². The largest absolute Gasteiger partial charge is 0.497 e. The first-order valence-electron chi connectivity index (χ1n) is 16.2. The monoisotopic (exact) mass is 684 g/mol. The van der Waals surface area contributed by atoms with Crippen LogP contribution in [0.25, 0.3) is 10.9 Å². The second-order valence-corrected chi connectivity index (χ2v) is 12.8. The highest BCUT2D eigenvalue weighted by molar-refractivity contribution is 6.99. The van der Waals surface area contributed by atoms with Crippen molar-refractivity contribution in [2.24, 2.45) is 5.84 Å². The Labute approximate surface area is 287 Å². The number of H-pyrrole nitrogens is 1. The molecule has 2 aromatic heterocycles. The average Bonchev–Trinajstić information content (AvgIpc) is 3.73. The molecule has 3 heterocycles. The number of ether oxygens (including phenoxy) is 3. The van der Waals surface area contributed by atoms with Gasteiger partial charge in [-0.05, 0) is 62.9 Å². The van der Waals surface area contributed by atoms with E-state index in [1.165, 1.54) is 18.1 Å². The van der Waals surface area contributed by atoms with Crippen LogP contribution < -0.4 is 36.3 Å². The number of carbonyl (C=O) groups is 1. The number of nitrogens with zero attached hydrogens (tertiary/aromatic N) is 3. The number of aromatic nitrogens is 3. The number of rotatable bonds is 13. The number of hydrogen-bond donors (Lipinski definition) is 6. The lowest BCUT2D eigenvalue weighted by Gasteiger charge is -2.27. The summed E-state index contributed by atoms with van der Waals surface area (Å²) in [6, 6.07) is 16.2. The van der Waals surface area contributed by atoms with Gasteiger partial charge in [0.1, 0.15) is 18.5 Å². The molecule has 0 aliphatic carbocycles. The third-order valence-corrected chi connectivity index (χ3v) is 7.68. The van der Waals surface area contributed by atoms with Crippen molar-refractivity contribution in [3.63, 3.8) is 0 Å². The maximum atomic E-state index is 10.8. The van der Waals surface area contributed by atoms with Crippen molar-refractivity contribution >= 4 is 34.4 Å². The lowest BCUT2D eigenvalue weighted by molar-refractivity contribution is -0.118. The number of hydrazine groups is 1. The van der Waals surface area contributed by atoms with Crippen molar-refractivity contribution in [3.05, 3.63) is 65.9 Å². The van der Waals surface area contributed by atoms with Gasteiger partial charge in [0.25, 0.3) is 5.88 Å². The molecule has 0 radical (unpaired) electrons. The second-order valence-electron chi connectivity index (χ2n) is 12.2. The molecule has 4 aromatic rings. The van der Waals surface area contributed by atoms with Gasteiger partial charge in [0.05, 0.1) is 32.1 Å². The van der Waals surface area contributed by atoms with Gasteiger partial charge in [-0.15, -0.1) is 4.37 Å². The second kappa shape index (κ2) is 20.5. The van der Waals surface area contributed by atoms with Crippen LogP contribution in [0.4, 0.5) is 5.82 Å². The van der Waals surface area contributed by atoms with Crippen molar-refractivity contribution in [3.8, 4) is 11.6 Å². The number of carbonyl (C=O) groups excluding carboxylic acids is 1. The molecule has 1 fully saturated rings. The number of amides is 1. The molecule has 5 rings (SSSR count). The van der Waals surface area contributed by atoms with E-state index in [9.17, 15) is 9.90 Å². The van der Waals surface area contributed by atoms with Crippen LogP contribution in [-0.4, -0.2) is 96.0 Å². The topological polar surface area (TPSA) is 172 Å². The van der Waals surface area contributed by atoms with Crippen molar-refractivity contribution in [1.82, 2.24) is 29.8 Å². The van der Waals surface area contributed by atoms with E-state index in [4.69, 9.17) is 20.1 Å². The number of anilines is 1. The standard InChI is InChI=1S/C13H24N4O3S.C13H16N2O2.C8H12N2/c1-13(2,3)14-8-10(18)9-20-12-11(15-21-16-12)17-4-6-19-7-5-17;1-9(16)14-6-5-10-8-15-13-4-3-11(17-2)7-12(10)13;9-10-7-6-8-4-2-1-3-5-8/h10,14,18H,4-9H2,1-3H3;3-4,7-8,15H,5-6H2,1-2H3,(H,14,16);1-5,10H,6-7,9H2/t10-;;/m0../s1. The molecule has 14 heteroatoms. The molecule has 1 saturated heterocycles. The van der Waals surface area contributed by atoms with Gasteiger partial charge in [-0.25, -0.2) is 0 Å². The van der Waals surface area contributed by atoms with E-state index >= 15 is 0 Å². The van der Waals surface area contributed by atoms with Crippen molar-refractivity contribution in [2.45, 2.75) is 52.2 Å². The van der Waals surface area contributed by atoms with Gasteiger partial charge in [-0.1, -0.05) is 30.3 Å². The molecule has 13 nitrogen and oxygen atoms in total. The number of hydrogen-bond acceptors (Lipinski definition) is 12. The van der Waals surface area contributed by atoms with Crippen LogP contribution in [0.2, 0.25) is 0 Å². The van der Waals surface area contributed by atoms with Gasteiger partial charge in [-0.3, -0.25) is 16.1 Å². The number of methoxy groups -OCH3 is 1. The average molecular weight is 685 g/mol. The van der Waals surface area contributed by atoms with Crippen LogP contribution in [0.15, 0.2) is 54.7 Å². The number of morpholine rings is 1. The van der Waals surface area contributed by atoms with E-state index in [0.717, 1.165) is 66.7 Å². The number of aliphatic hydroxyl groups excluding tert-OH is 1. The minimum Gasteiger partial charge on any atom is -0.497 e. The molecule has 48 heavy (non-hydrogen) atoms. The van der Waals surface area contributed by atoms with Crippen LogP contribution in [0.5, 0.6) is 11.6 Å². The lowest BCUT2D eigenvalue weighted by atomic mass is 10.1. The minimum atomic E-state index is -0.580. The van der Waals surface area contributed by atoms with Crippen molar-refractivity contribution < 1.29 is 24.1 Å². The molecule has 2 aromatic carbocycles. The molecule has 1 atom stereocenters. The molecule has 0 saturated carbocycles. The zero-order valence-corrected chi connectivity index (χ0v) is 29.6. The SMILES string of the molecule is CC(C)(C)NC[C@H](O)COc1nsnc1N1CCOCC1.COc1ccc2[nH]cc(CCNC(C)=O)c2c1.NNCCc1ccccc1. The quantitative estimate of drug-likeness (QED) is 0.0904. The first-order chi connectivity index (χ1) is 23.1. The summed E-state index contributed by atoms with van der Waals surface area (Å²) in [5.74, 6) is 7.22. The van der Waals surface area contributed by atoms with E-state index in [1.54, 1.807) is 7.11 Å². The summed E-state index contributed by atoms with van der Waals surface area (Å²) in [7, 11) is 1.66. The number of β-amino-alcohol motifs (C(OH)–C–C–N with tert-alkyl or cyclic N) is 1.